The fourth-order valence-electron chi connectivity index (χ4n) is 3.22. The van der Waals surface area contributed by atoms with Gasteiger partial charge in [-0.05, 0) is 37.4 Å². The van der Waals surface area contributed by atoms with E-state index in [1.807, 2.05) is 13.8 Å². The van der Waals surface area contributed by atoms with E-state index < -0.39 is 0 Å². The first-order valence-corrected chi connectivity index (χ1v) is 9.05. The monoisotopic (exact) mass is 352 g/mol. The minimum Gasteiger partial charge on any atom is -0.360 e. The van der Waals surface area contributed by atoms with Gasteiger partial charge in [0.15, 0.2) is 10.9 Å². The third-order valence-corrected chi connectivity index (χ3v) is 5.17. The van der Waals surface area contributed by atoms with Crippen LogP contribution in [0.2, 0.25) is 0 Å². The summed E-state index contributed by atoms with van der Waals surface area (Å²) in [5, 5.41) is 7.64. The maximum Gasteiger partial charge on any atom is 0.275 e. The molecule has 1 saturated carbocycles. The third kappa shape index (κ3) is 4.26. The number of rotatable bonds is 3. The van der Waals surface area contributed by atoms with Crippen molar-refractivity contribution in [3.8, 4) is 0 Å². The first-order valence-electron chi connectivity index (χ1n) is 8.64. The van der Waals surface area contributed by atoms with Crippen LogP contribution < -0.4 is 16.2 Å². The second kappa shape index (κ2) is 7.96. The summed E-state index contributed by atoms with van der Waals surface area (Å²) in [5.41, 5.74) is 6.49. The molecular formula is C17H28N4O2S. The van der Waals surface area contributed by atoms with Gasteiger partial charge >= 0.3 is 0 Å². The van der Waals surface area contributed by atoms with E-state index in [2.05, 4.69) is 35.2 Å². The topological polar surface area (TPSA) is 79.2 Å². The molecule has 0 aromatic carbocycles. The van der Waals surface area contributed by atoms with Crippen LogP contribution in [0.25, 0.3) is 0 Å². The molecule has 6 nitrogen and oxygen atoms in total. The van der Waals surface area contributed by atoms with Crippen LogP contribution in [0.5, 0.6) is 0 Å². The largest absolute Gasteiger partial charge is 0.360 e. The number of nitrogens with one attached hydrogen (secondary N) is 3. The molecule has 7 heteroatoms. The van der Waals surface area contributed by atoms with Crippen molar-refractivity contribution in [1.82, 2.24) is 21.3 Å². The number of hydrogen-bond acceptors (Lipinski definition) is 4. The lowest BCUT2D eigenvalue weighted by Crippen LogP contribution is -2.52. The smallest absolute Gasteiger partial charge is 0.275 e. The first kappa shape index (κ1) is 18.7. The standard InChI is InChI=1S/C17H28N4O2S/c1-9(2)15-14(12(5)21-23-15)16(22)19-20-17(24)18-13-8-6-7-10(3)11(13)4/h9-11,13H,6-8H2,1-5H3,(H,19,22)(H2,18,20,24)/t10-,11-,13-/m0/s1. The van der Waals surface area contributed by atoms with Gasteiger partial charge in [-0.3, -0.25) is 15.6 Å². The summed E-state index contributed by atoms with van der Waals surface area (Å²) >= 11 is 5.32. The molecular weight excluding hydrogens is 324 g/mol. The molecule has 0 spiro atoms. The van der Waals surface area contributed by atoms with E-state index in [0.717, 1.165) is 6.42 Å². The Hall–Kier alpha value is -1.63. The Bertz CT molecular complexity index is 599. The average molecular weight is 353 g/mol. The lowest BCUT2D eigenvalue weighted by Gasteiger charge is -2.35. The van der Waals surface area contributed by atoms with Crippen LogP contribution in [0.15, 0.2) is 4.52 Å². The Morgan fingerprint density at radius 2 is 2.00 bits per heavy atom. The van der Waals surface area contributed by atoms with Crippen LogP contribution in [-0.2, 0) is 0 Å². The molecule has 1 heterocycles. The minimum absolute atomic E-state index is 0.0848. The molecule has 134 valence electrons. The molecule has 0 aliphatic heterocycles. The zero-order valence-corrected chi connectivity index (χ0v) is 15.9. The fraction of sp³-hybridized carbons (Fsp3) is 0.706. The third-order valence-electron chi connectivity index (χ3n) is 4.95. The van der Waals surface area contributed by atoms with E-state index in [1.54, 1.807) is 6.92 Å². The summed E-state index contributed by atoms with van der Waals surface area (Å²) in [6, 6.07) is 0.342. The number of hydrazine groups is 1. The summed E-state index contributed by atoms with van der Waals surface area (Å²) < 4.78 is 5.25. The van der Waals surface area contributed by atoms with Gasteiger partial charge in [0, 0.05) is 12.0 Å². The van der Waals surface area contributed by atoms with Crippen LogP contribution in [-0.4, -0.2) is 22.2 Å². The molecule has 1 aliphatic rings. The van der Waals surface area contributed by atoms with Gasteiger partial charge in [0.05, 0.1) is 5.69 Å². The Balaban J connectivity index is 1.90. The summed E-state index contributed by atoms with van der Waals surface area (Å²) in [4.78, 5) is 12.4. The molecule has 0 unspecified atom stereocenters. The van der Waals surface area contributed by atoms with Gasteiger partial charge in [-0.15, -0.1) is 0 Å². The highest BCUT2D eigenvalue weighted by molar-refractivity contribution is 7.80. The molecule has 1 fully saturated rings. The van der Waals surface area contributed by atoms with E-state index in [9.17, 15) is 4.79 Å². The van der Waals surface area contributed by atoms with Crippen molar-refractivity contribution < 1.29 is 9.32 Å². The van der Waals surface area contributed by atoms with Gasteiger partial charge in [-0.25, -0.2) is 0 Å². The second-order valence-corrected chi connectivity index (χ2v) is 7.50. The maximum atomic E-state index is 12.4. The number of carbonyl (C=O) groups excluding carboxylic acids is 1. The van der Waals surface area contributed by atoms with Crippen LogP contribution >= 0.6 is 12.2 Å². The van der Waals surface area contributed by atoms with Crippen molar-refractivity contribution in [2.45, 2.75) is 65.8 Å². The summed E-state index contributed by atoms with van der Waals surface area (Å²) in [7, 11) is 0. The van der Waals surface area contributed by atoms with Crippen LogP contribution in [0, 0.1) is 18.8 Å². The Morgan fingerprint density at radius 3 is 2.67 bits per heavy atom. The van der Waals surface area contributed by atoms with E-state index in [1.165, 1.54) is 12.8 Å². The highest BCUT2D eigenvalue weighted by Gasteiger charge is 2.27. The van der Waals surface area contributed by atoms with Gasteiger partial charge in [0.25, 0.3) is 5.91 Å². The lowest BCUT2D eigenvalue weighted by atomic mass is 9.78. The van der Waals surface area contributed by atoms with Crippen LogP contribution in [0.3, 0.4) is 0 Å². The zero-order valence-electron chi connectivity index (χ0n) is 15.1. The quantitative estimate of drug-likeness (QED) is 0.573. The first-order chi connectivity index (χ1) is 11.3. The van der Waals surface area contributed by atoms with Crippen LogP contribution in [0.4, 0.5) is 0 Å². The summed E-state index contributed by atoms with van der Waals surface area (Å²) in [6.07, 6.45) is 3.57. The molecule has 3 N–H and O–H groups in total. The SMILES string of the molecule is Cc1noc(C(C)C)c1C(=O)NNC(=S)N[C@H]1CCC[C@H](C)[C@@H]1C. The second-order valence-electron chi connectivity index (χ2n) is 7.09. The van der Waals surface area contributed by atoms with Crippen molar-refractivity contribution in [2.24, 2.45) is 11.8 Å². The number of aryl methyl sites for hydroxylation is 1. The molecule has 2 rings (SSSR count). The molecule has 1 aromatic rings. The Morgan fingerprint density at radius 1 is 1.29 bits per heavy atom. The normalized spacial score (nSPS) is 23.8. The molecule has 1 aliphatic carbocycles. The fourth-order valence-corrected chi connectivity index (χ4v) is 3.43. The summed E-state index contributed by atoms with van der Waals surface area (Å²) in [6.45, 7) is 10.2. The molecule has 0 saturated heterocycles. The van der Waals surface area contributed by atoms with Gasteiger partial charge < -0.3 is 9.84 Å². The predicted molar refractivity (Wildman–Crippen MR) is 97.6 cm³/mol. The van der Waals surface area contributed by atoms with Crippen LogP contribution in [0.1, 0.15) is 74.7 Å². The van der Waals surface area contributed by atoms with Gasteiger partial charge in [0.1, 0.15) is 5.56 Å². The van der Waals surface area contributed by atoms with Crippen molar-refractivity contribution in [3.05, 3.63) is 17.0 Å². The van der Waals surface area contributed by atoms with E-state index in [0.29, 0.717) is 40.0 Å². The number of amides is 1. The van der Waals surface area contributed by atoms with Crippen molar-refractivity contribution in [1.29, 1.82) is 0 Å². The van der Waals surface area contributed by atoms with Gasteiger partial charge in [-0.1, -0.05) is 45.7 Å². The van der Waals surface area contributed by atoms with E-state index in [-0.39, 0.29) is 11.8 Å². The number of nitrogens with zero attached hydrogens (tertiary/aromatic N) is 1. The minimum atomic E-state index is -0.285. The van der Waals surface area contributed by atoms with Gasteiger partial charge in [0.2, 0.25) is 0 Å². The number of aromatic nitrogens is 1. The van der Waals surface area contributed by atoms with Crippen molar-refractivity contribution >= 4 is 23.2 Å². The molecule has 0 radical (unpaired) electrons. The molecule has 1 amide bonds. The highest BCUT2D eigenvalue weighted by atomic mass is 32.1. The lowest BCUT2D eigenvalue weighted by molar-refractivity contribution is 0.0940. The predicted octanol–water partition coefficient (Wildman–Crippen LogP) is 3.04. The highest BCUT2D eigenvalue weighted by Crippen LogP contribution is 2.29. The Labute approximate surface area is 149 Å². The number of thiocarbonyl (C=S) groups is 1. The van der Waals surface area contributed by atoms with Crippen molar-refractivity contribution in [2.75, 3.05) is 0 Å². The van der Waals surface area contributed by atoms with Crippen molar-refractivity contribution in [3.63, 3.8) is 0 Å². The zero-order chi connectivity index (χ0) is 17.9. The van der Waals surface area contributed by atoms with Gasteiger partial charge in [-0.2, -0.15) is 0 Å². The molecule has 1 aromatic heterocycles. The molecule has 3 atom stereocenters. The summed E-state index contributed by atoms with van der Waals surface area (Å²) in [5.74, 6) is 1.62. The maximum absolute atomic E-state index is 12.4. The number of carbonyl (C=O) groups is 1. The average Bonchev–Trinajstić information content (AvgIpc) is 2.91. The number of hydrogen-bond donors (Lipinski definition) is 3. The van der Waals surface area contributed by atoms with E-state index >= 15 is 0 Å². The van der Waals surface area contributed by atoms with E-state index in [4.69, 9.17) is 16.7 Å². The molecule has 0 bridgehead atoms. The Kier molecular flexibility index (Phi) is 6.21. The molecule has 24 heavy (non-hydrogen) atoms.